The summed E-state index contributed by atoms with van der Waals surface area (Å²) in [7, 11) is 2.17. The third-order valence-corrected chi connectivity index (χ3v) is 7.53. The molecule has 0 aromatic heterocycles. The highest BCUT2D eigenvalue weighted by molar-refractivity contribution is 5.69. The van der Waals surface area contributed by atoms with Crippen LogP contribution in [0.3, 0.4) is 0 Å². The molecule has 2 saturated heterocycles. The lowest BCUT2D eigenvalue weighted by molar-refractivity contribution is -0.334. The lowest BCUT2D eigenvalue weighted by Gasteiger charge is -2.53. The number of carbonyl (C=O) groups excluding carboxylic acids is 1. The average Bonchev–Trinajstić information content (AvgIpc) is 2.61. The first-order valence-electron chi connectivity index (χ1n) is 13.1. The molecule has 0 spiro atoms. The van der Waals surface area contributed by atoms with Crippen molar-refractivity contribution in [3.05, 3.63) is 0 Å². The monoisotopic (exact) mass is 468 g/mol. The van der Waals surface area contributed by atoms with Crippen molar-refractivity contribution in [2.75, 3.05) is 13.7 Å². The van der Waals surface area contributed by atoms with Crippen LogP contribution in [-0.2, 0) is 19.3 Å². The molecule has 2 aliphatic rings. The van der Waals surface area contributed by atoms with Gasteiger partial charge in [0.25, 0.3) is 0 Å². The van der Waals surface area contributed by atoms with Crippen LogP contribution in [0.15, 0.2) is 0 Å². The summed E-state index contributed by atoms with van der Waals surface area (Å²) in [6.45, 7) is 18.4. The van der Waals surface area contributed by atoms with Crippen molar-refractivity contribution in [2.24, 2.45) is 0 Å². The van der Waals surface area contributed by atoms with E-state index in [0.29, 0.717) is 13.0 Å². The topological polar surface area (TPSA) is 60.0 Å². The van der Waals surface area contributed by atoms with E-state index in [1.54, 1.807) is 0 Å². The molecule has 2 aliphatic heterocycles. The van der Waals surface area contributed by atoms with E-state index >= 15 is 0 Å². The first-order chi connectivity index (χ1) is 15.1. The molecule has 0 bridgehead atoms. The van der Waals surface area contributed by atoms with Gasteiger partial charge in [-0.1, -0.05) is 19.3 Å². The summed E-state index contributed by atoms with van der Waals surface area (Å²) in [5, 5.41) is 3.66. The molecule has 2 heterocycles. The van der Waals surface area contributed by atoms with Crippen LogP contribution in [0.2, 0.25) is 0 Å². The van der Waals surface area contributed by atoms with E-state index in [1.807, 2.05) is 0 Å². The van der Waals surface area contributed by atoms with Crippen LogP contribution in [0.1, 0.15) is 120 Å². The molecule has 2 fully saturated rings. The lowest BCUT2D eigenvalue weighted by atomic mass is 9.79. The summed E-state index contributed by atoms with van der Waals surface area (Å²) in [6.07, 6.45) is 9.53. The third kappa shape index (κ3) is 9.46. The van der Waals surface area contributed by atoms with Gasteiger partial charge in [-0.15, -0.1) is 0 Å². The molecule has 0 aromatic rings. The number of esters is 1. The summed E-state index contributed by atoms with van der Waals surface area (Å²) in [5.74, 6) is -0.0410. The van der Waals surface area contributed by atoms with Crippen molar-refractivity contribution in [3.8, 4) is 0 Å². The Morgan fingerprint density at radius 3 is 1.88 bits per heavy atom. The lowest BCUT2D eigenvalue weighted by Crippen LogP contribution is -2.60. The Balaban J connectivity index is 1.51. The van der Waals surface area contributed by atoms with Crippen LogP contribution < -0.4 is 5.32 Å². The van der Waals surface area contributed by atoms with Gasteiger partial charge in [0.1, 0.15) is 6.10 Å². The maximum absolute atomic E-state index is 12.4. The summed E-state index contributed by atoms with van der Waals surface area (Å²) < 4.78 is 5.85. The van der Waals surface area contributed by atoms with Crippen LogP contribution in [0.4, 0.5) is 0 Å². The van der Waals surface area contributed by atoms with Gasteiger partial charge in [0.05, 0.1) is 12.7 Å². The minimum atomic E-state index is -0.0410. The van der Waals surface area contributed by atoms with E-state index in [0.717, 1.165) is 57.8 Å². The van der Waals surface area contributed by atoms with E-state index in [1.165, 1.54) is 0 Å². The van der Waals surface area contributed by atoms with Gasteiger partial charge in [0.2, 0.25) is 0 Å². The molecule has 6 heteroatoms. The molecule has 0 unspecified atom stereocenters. The quantitative estimate of drug-likeness (QED) is 0.180. The molecular formula is C27H52N2O4. The number of hydrogen-bond acceptors (Lipinski definition) is 6. The molecule has 0 atom stereocenters. The number of carbonyl (C=O) groups is 1. The predicted molar refractivity (Wildman–Crippen MR) is 134 cm³/mol. The second-order valence-electron chi connectivity index (χ2n) is 13.1. The van der Waals surface area contributed by atoms with Gasteiger partial charge in [0, 0.05) is 41.4 Å². The minimum Gasteiger partial charge on any atom is -0.462 e. The summed E-state index contributed by atoms with van der Waals surface area (Å²) in [6, 6.07) is 0. The molecule has 1 N–H and O–H groups in total. The standard InChI is InChI=1S/C27H52N2O4/c1-24(2)17-22(18-25(3,4)28-24)33-31-16-14-12-10-11-13-15-23(30)32-21-19-26(5,6)29(9)27(7,8)20-21/h21-22,28H,10-20H2,1-9H3. The van der Waals surface area contributed by atoms with Crippen LogP contribution in [0.25, 0.3) is 0 Å². The van der Waals surface area contributed by atoms with Gasteiger partial charge in [-0.05, 0) is 88.1 Å². The number of nitrogens with one attached hydrogen (secondary N) is 1. The van der Waals surface area contributed by atoms with Crippen molar-refractivity contribution in [2.45, 2.75) is 154 Å². The number of unbranched alkanes of at least 4 members (excludes halogenated alkanes) is 4. The highest BCUT2D eigenvalue weighted by atomic mass is 17.2. The van der Waals surface area contributed by atoms with E-state index < -0.39 is 0 Å². The highest BCUT2D eigenvalue weighted by Gasteiger charge is 2.44. The van der Waals surface area contributed by atoms with E-state index in [4.69, 9.17) is 14.5 Å². The Morgan fingerprint density at radius 2 is 1.30 bits per heavy atom. The zero-order valence-corrected chi connectivity index (χ0v) is 23.0. The zero-order chi connectivity index (χ0) is 24.9. The SMILES string of the molecule is CN1C(C)(C)CC(OC(=O)CCCCCCCOOC2CC(C)(C)NC(C)(C)C2)CC1(C)C. The zero-order valence-electron chi connectivity index (χ0n) is 23.0. The van der Waals surface area contributed by atoms with Crippen molar-refractivity contribution >= 4 is 5.97 Å². The van der Waals surface area contributed by atoms with Gasteiger partial charge >= 0.3 is 5.97 Å². The summed E-state index contributed by atoms with van der Waals surface area (Å²) >= 11 is 0. The number of ether oxygens (including phenoxy) is 1. The fourth-order valence-corrected chi connectivity index (χ4v) is 6.01. The van der Waals surface area contributed by atoms with E-state index in [2.05, 4.69) is 72.7 Å². The van der Waals surface area contributed by atoms with Crippen LogP contribution >= 0.6 is 0 Å². The van der Waals surface area contributed by atoms with Gasteiger partial charge in [-0.2, -0.15) is 0 Å². The first kappa shape index (κ1) is 28.5. The minimum absolute atomic E-state index is 0.0203. The molecule has 33 heavy (non-hydrogen) atoms. The van der Waals surface area contributed by atoms with Crippen LogP contribution in [-0.4, -0.2) is 58.9 Å². The Hall–Kier alpha value is -0.690. The van der Waals surface area contributed by atoms with Gasteiger partial charge in [-0.3, -0.25) is 9.69 Å². The van der Waals surface area contributed by atoms with Crippen molar-refractivity contribution in [1.82, 2.24) is 10.2 Å². The predicted octanol–water partition coefficient (Wildman–Crippen LogP) is 5.78. The molecule has 2 rings (SSSR count). The molecule has 0 saturated carbocycles. The van der Waals surface area contributed by atoms with Crippen molar-refractivity contribution in [1.29, 1.82) is 0 Å². The van der Waals surface area contributed by atoms with E-state index in [9.17, 15) is 4.79 Å². The summed E-state index contributed by atoms with van der Waals surface area (Å²) in [5.41, 5.74) is 0.213. The Kier molecular flexibility index (Phi) is 9.83. The Morgan fingerprint density at radius 1 is 0.788 bits per heavy atom. The van der Waals surface area contributed by atoms with Crippen LogP contribution in [0, 0.1) is 0 Å². The number of likely N-dealkylation sites (tertiary alicyclic amines) is 1. The number of nitrogens with zero attached hydrogens (tertiary/aromatic N) is 1. The van der Waals surface area contributed by atoms with Crippen LogP contribution in [0.5, 0.6) is 0 Å². The largest absolute Gasteiger partial charge is 0.462 e. The first-order valence-corrected chi connectivity index (χ1v) is 13.1. The summed E-state index contributed by atoms with van der Waals surface area (Å²) in [4.78, 5) is 26.0. The third-order valence-electron chi connectivity index (χ3n) is 7.53. The molecule has 0 radical (unpaired) electrons. The number of hydrogen-bond donors (Lipinski definition) is 1. The maximum atomic E-state index is 12.4. The molecule has 0 aromatic carbocycles. The van der Waals surface area contributed by atoms with E-state index in [-0.39, 0.29) is 40.3 Å². The Labute approximate surface area is 203 Å². The average molecular weight is 469 g/mol. The molecule has 6 nitrogen and oxygen atoms in total. The molecular weight excluding hydrogens is 416 g/mol. The second kappa shape index (κ2) is 11.4. The number of piperidine rings is 2. The molecule has 0 amide bonds. The Bertz CT molecular complexity index is 596. The smallest absolute Gasteiger partial charge is 0.306 e. The van der Waals surface area contributed by atoms with Gasteiger partial charge < -0.3 is 10.1 Å². The van der Waals surface area contributed by atoms with Crippen molar-refractivity contribution in [3.63, 3.8) is 0 Å². The van der Waals surface area contributed by atoms with Gasteiger partial charge in [-0.25, -0.2) is 9.78 Å². The maximum Gasteiger partial charge on any atom is 0.306 e. The second-order valence-corrected chi connectivity index (χ2v) is 13.1. The van der Waals surface area contributed by atoms with Gasteiger partial charge in [0.15, 0.2) is 0 Å². The fourth-order valence-electron chi connectivity index (χ4n) is 6.01. The highest BCUT2D eigenvalue weighted by Crippen LogP contribution is 2.38. The van der Waals surface area contributed by atoms with Crippen molar-refractivity contribution < 1.29 is 19.3 Å². The molecule has 0 aliphatic carbocycles. The normalized spacial score (nSPS) is 25.1. The molecule has 194 valence electrons. The fraction of sp³-hybridized carbons (Fsp3) is 0.963. The number of rotatable bonds is 11.